The predicted octanol–water partition coefficient (Wildman–Crippen LogP) is 5.69. The van der Waals surface area contributed by atoms with Gasteiger partial charge in [0.15, 0.2) is 0 Å². The number of benzene rings is 2. The maximum atomic E-state index is 6.81. The number of ether oxygens (including phenoxy) is 1. The molecule has 0 aliphatic rings. The van der Waals surface area contributed by atoms with Gasteiger partial charge in [0.1, 0.15) is 6.10 Å². The van der Waals surface area contributed by atoms with E-state index in [4.69, 9.17) is 4.74 Å². The first kappa shape index (κ1) is 27.9. The van der Waals surface area contributed by atoms with E-state index in [1.54, 1.807) is 0 Å². The average molecular weight is 441 g/mol. The van der Waals surface area contributed by atoms with E-state index in [2.05, 4.69) is 98.2 Å². The normalized spacial score (nSPS) is 11.0. The Morgan fingerprint density at radius 1 is 0.621 bits per heavy atom. The molecule has 5 heteroatoms. The number of halogens is 2. The number of likely N-dealkylation sites (N-methyl/N-ethyl adjacent to an activating group) is 2. The molecule has 0 N–H and O–H groups in total. The molecule has 0 heterocycles. The van der Waals surface area contributed by atoms with E-state index in [0.29, 0.717) is 0 Å². The van der Waals surface area contributed by atoms with Crippen LogP contribution in [0, 0.1) is 0 Å². The quantitative estimate of drug-likeness (QED) is 0.421. The lowest BCUT2D eigenvalue weighted by Crippen LogP contribution is -2.42. The molecule has 3 nitrogen and oxygen atoms in total. The molecule has 0 atom stereocenters. The van der Waals surface area contributed by atoms with Gasteiger partial charge in [-0.3, -0.25) is 0 Å². The van der Waals surface area contributed by atoms with Crippen LogP contribution in [0.4, 0.5) is 0 Å². The van der Waals surface area contributed by atoms with Crippen molar-refractivity contribution in [1.82, 2.24) is 9.80 Å². The minimum Gasteiger partial charge on any atom is -0.363 e. The van der Waals surface area contributed by atoms with Crippen molar-refractivity contribution in [3.8, 4) is 0 Å². The van der Waals surface area contributed by atoms with Crippen molar-refractivity contribution < 1.29 is 4.74 Å². The molecule has 2 aromatic carbocycles. The molecule has 0 aliphatic carbocycles. The standard InChI is InChI=1S/C24H36N2O.2ClH/c1-5-25(6-2)19-23(20-26(7-3)8-4)27-24(21-15-11-9-12-16-21)22-17-13-10-14-18-22;;/h9-18,23-24H,5-8,19-20H2,1-4H3;2*1H. The molecular formula is C24H38Cl2N2O. The third-order valence-corrected chi connectivity index (χ3v) is 5.25. The van der Waals surface area contributed by atoms with Crippen molar-refractivity contribution >= 4 is 24.8 Å². The molecule has 0 amide bonds. The third kappa shape index (κ3) is 9.06. The van der Waals surface area contributed by atoms with Gasteiger partial charge in [-0.2, -0.15) is 0 Å². The van der Waals surface area contributed by atoms with E-state index in [9.17, 15) is 0 Å². The van der Waals surface area contributed by atoms with Gasteiger partial charge < -0.3 is 14.5 Å². The molecule has 0 aliphatic heterocycles. The van der Waals surface area contributed by atoms with Crippen molar-refractivity contribution in [3.05, 3.63) is 71.8 Å². The van der Waals surface area contributed by atoms with Crippen LogP contribution in [0.15, 0.2) is 60.7 Å². The molecule has 29 heavy (non-hydrogen) atoms. The Labute approximate surface area is 190 Å². The lowest BCUT2D eigenvalue weighted by atomic mass is 10.0. The second kappa shape index (κ2) is 15.7. The number of hydrogen-bond acceptors (Lipinski definition) is 3. The van der Waals surface area contributed by atoms with E-state index in [0.717, 1.165) is 39.3 Å². The molecule has 0 saturated carbocycles. The lowest BCUT2D eigenvalue weighted by Gasteiger charge is -2.33. The van der Waals surface area contributed by atoms with Crippen molar-refractivity contribution in [2.24, 2.45) is 0 Å². The second-order valence-corrected chi connectivity index (χ2v) is 6.93. The molecule has 2 aromatic rings. The van der Waals surface area contributed by atoms with Crippen LogP contribution >= 0.6 is 24.8 Å². The van der Waals surface area contributed by atoms with Gasteiger partial charge in [-0.15, -0.1) is 24.8 Å². The first-order chi connectivity index (χ1) is 13.2. The van der Waals surface area contributed by atoms with Gasteiger partial charge in [0.2, 0.25) is 0 Å². The fraction of sp³-hybridized carbons (Fsp3) is 0.500. The molecule has 2 rings (SSSR count). The fourth-order valence-corrected chi connectivity index (χ4v) is 3.48. The Morgan fingerprint density at radius 2 is 0.966 bits per heavy atom. The van der Waals surface area contributed by atoms with Gasteiger partial charge in [0.05, 0.1) is 6.10 Å². The van der Waals surface area contributed by atoms with Crippen LogP contribution < -0.4 is 0 Å². The maximum absolute atomic E-state index is 6.81. The molecule has 0 fully saturated rings. The molecule has 0 aromatic heterocycles. The van der Waals surface area contributed by atoms with E-state index in [-0.39, 0.29) is 37.0 Å². The number of rotatable bonds is 12. The summed E-state index contributed by atoms with van der Waals surface area (Å²) in [5.74, 6) is 0. The second-order valence-electron chi connectivity index (χ2n) is 6.93. The molecular weight excluding hydrogens is 403 g/mol. The van der Waals surface area contributed by atoms with Crippen LogP contribution in [0.3, 0.4) is 0 Å². The smallest absolute Gasteiger partial charge is 0.108 e. The van der Waals surface area contributed by atoms with Gasteiger partial charge in [0.25, 0.3) is 0 Å². The van der Waals surface area contributed by atoms with Crippen LogP contribution in [0.5, 0.6) is 0 Å². The van der Waals surface area contributed by atoms with E-state index < -0.39 is 0 Å². The van der Waals surface area contributed by atoms with Crippen LogP contribution in [0.1, 0.15) is 44.9 Å². The summed E-state index contributed by atoms with van der Waals surface area (Å²) in [5, 5.41) is 0. The van der Waals surface area contributed by atoms with Crippen LogP contribution in [-0.4, -0.2) is 55.2 Å². The molecule has 0 saturated heterocycles. The highest BCUT2D eigenvalue weighted by molar-refractivity contribution is 5.85. The van der Waals surface area contributed by atoms with Crippen molar-refractivity contribution in [1.29, 1.82) is 0 Å². The van der Waals surface area contributed by atoms with Crippen LogP contribution in [0.25, 0.3) is 0 Å². The van der Waals surface area contributed by atoms with E-state index in [1.165, 1.54) is 11.1 Å². The Morgan fingerprint density at radius 3 is 1.28 bits per heavy atom. The fourth-order valence-electron chi connectivity index (χ4n) is 3.48. The summed E-state index contributed by atoms with van der Waals surface area (Å²) < 4.78 is 6.81. The summed E-state index contributed by atoms with van der Waals surface area (Å²) in [6.07, 6.45) is 0.124. The highest BCUT2D eigenvalue weighted by Crippen LogP contribution is 2.27. The third-order valence-electron chi connectivity index (χ3n) is 5.25. The minimum atomic E-state index is -0.0384. The zero-order chi connectivity index (χ0) is 19.5. The Bertz CT molecular complexity index is 566. The molecule has 0 spiro atoms. The van der Waals surface area contributed by atoms with Gasteiger partial charge in [-0.1, -0.05) is 88.4 Å². The van der Waals surface area contributed by atoms with Gasteiger partial charge in [0, 0.05) is 13.1 Å². The predicted molar refractivity (Wildman–Crippen MR) is 130 cm³/mol. The van der Waals surface area contributed by atoms with Crippen molar-refractivity contribution in [3.63, 3.8) is 0 Å². The minimum absolute atomic E-state index is 0. The summed E-state index contributed by atoms with van der Waals surface area (Å²) in [6.45, 7) is 15.0. The SMILES string of the molecule is CCN(CC)CC(CN(CC)CC)OC(c1ccccc1)c1ccccc1.Cl.Cl. The lowest BCUT2D eigenvalue weighted by molar-refractivity contribution is -0.0270. The van der Waals surface area contributed by atoms with Crippen molar-refractivity contribution in [2.45, 2.75) is 39.9 Å². The maximum Gasteiger partial charge on any atom is 0.108 e. The summed E-state index contributed by atoms with van der Waals surface area (Å²) >= 11 is 0. The van der Waals surface area contributed by atoms with Gasteiger partial charge in [-0.25, -0.2) is 0 Å². The van der Waals surface area contributed by atoms with E-state index in [1.807, 2.05) is 0 Å². The summed E-state index contributed by atoms with van der Waals surface area (Å²) in [4.78, 5) is 4.92. The zero-order valence-electron chi connectivity index (χ0n) is 18.3. The van der Waals surface area contributed by atoms with Gasteiger partial charge in [-0.05, 0) is 37.3 Å². The molecule has 0 unspecified atom stereocenters. The first-order valence-electron chi connectivity index (χ1n) is 10.4. The number of hydrogen-bond donors (Lipinski definition) is 0. The Balaban J connectivity index is 0.00000392. The summed E-state index contributed by atoms with van der Waals surface area (Å²) in [6, 6.07) is 21.2. The van der Waals surface area contributed by atoms with Crippen LogP contribution in [-0.2, 0) is 4.74 Å². The summed E-state index contributed by atoms with van der Waals surface area (Å²) in [5.41, 5.74) is 2.43. The van der Waals surface area contributed by atoms with E-state index >= 15 is 0 Å². The first-order valence-corrected chi connectivity index (χ1v) is 10.4. The topological polar surface area (TPSA) is 15.7 Å². The van der Waals surface area contributed by atoms with Crippen molar-refractivity contribution in [2.75, 3.05) is 39.3 Å². The van der Waals surface area contributed by atoms with Gasteiger partial charge >= 0.3 is 0 Å². The monoisotopic (exact) mass is 440 g/mol. The van der Waals surface area contributed by atoms with Crippen LogP contribution in [0.2, 0.25) is 0 Å². The largest absolute Gasteiger partial charge is 0.363 e. The Kier molecular flexibility index (Phi) is 15.1. The molecule has 0 radical (unpaired) electrons. The number of nitrogens with zero attached hydrogens (tertiary/aromatic N) is 2. The molecule has 164 valence electrons. The zero-order valence-corrected chi connectivity index (χ0v) is 19.9. The molecule has 0 bridgehead atoms. The highest BCUT2D eigenvalue weighted by Gasteiger charge is 2.23. The average Bonchev–Trinajstić information content (AvgIpc) is 2.74. The highest BCUT2D eigenvalue weighted by atomic mass is 35.5. The Hall–Kier alpha value is -1.10. The summed E-state index contributed by atoms with van der Waals surface area (Å²) in [7, 11) is 0.